The fourth-order valence-corrected chi connectivity index (χ4v) is 2.60. The van der Waals surface area contributed by atoms with E-state index in [1.807, 2.05) is 18.2 Å². The zero-order valence-electron chi connectivity index (χ0n) is 15.1. The van der Waals surface area contributed by atoms with Crippen molar-refractivity contribution in [3.8, 4) is 5.75 Å². The molecule has 2 aromatic rings. The monoisotopic (exact) mass is 343 g/mol. The van der Waals surface area contributed by atoms with Gasteiger partial charge in [-0.2, -0.15) is 0 Å². The summed E-state index contributed by atoms with van der Waals surface area (Å²) in [4.78, 5) is 11.9. The van der Waals surface area contributed by atoms with Gasteiger partial charge in [0.05, 0.1) is 6.54 Å². The van der Waals surface area contributed by atoms with Gasteiger partial charge in [0.25, 0.3) is 0 Å². The average molecular weight is 343 g/mol. The fraction of sp³-hybridized carbons (Fsp3) is 0.381. The van der Waals surface area contributed by atoms with Gasteiger partial charge >= 0.3 is 0 Å². The second-order valence-electron chi connectivity index (χ2n) is 7.04. The number of rotatable bonds is 7. The van der Waals surface area contributed by atoms with Crippen LogP contribution in [0.2, 0.25) is 0 Å². The number of para-hydroxylation sites is 1. The van der Waals surface area contributed by atoms with Crippen LogP contribution in [0.3, 0.4) is 0 Å². The molecule has 0 bridgehead atoms. The number of hydrogen-bond donors (Lipinski definition) is 1. The lowest BCUT2D eigenvalue weighted by Crippen LogP contribution is -2.28. The highest BCUT2D eigenvalue weighted by Gasteiger charge is 2.18. The van der Waals surface area contributed by atoms with E-state index in [-0.39, 0.29) is 23.6 Å². The first-order chi connectivity index (χ1) is 11.9. The van der Waals surface area contributed by atoms with Crippen molar-refractivity contribution in [2.75, 3.05) is 13.2 Å². The van der Waals surface area contributed by atoms with Crippen LogP contribution in [-0.4, -0.2) is 19.1 Å². The van der Waals surface area contributed by atoms with Crippen molar-refractivity contribution in [3.05, 3.63) is 65.5 Å². The molecule has 25 heavy (non-hydrogen) atoms. The Bertz CT molecular complexity index is 707. The third-order valence-corrected chi connectivity index (χ3v) is 3.96. The summed E-state index contributed by atoms with van der Waals surface area (Å²) in [6.45, 7) is 7.24. The van der Waals surface area contributed by atoms with Gasteiger partial charge < -0.3 is 10.1 Å². The predicted molar refractivity (Wildman–Crippen MR) is 98.4 cm³/mol. The molecule has 0 heterocycles. The van der Waals surface area contributed by atoms with Gasteiger partial charge in [-0.05, 0) is 35.1 Å². The molecule has 0 radical (unpaired) electrons. The maximum absolute atomic E-state index is 13.5. The van der Waals surface area contributed by atoms with E-state index >= 15 is 0 Å². The van der Waals surface area contributed by atoms with Crippen LogP contribution in [0.5, 0.6) is 5.75 Å². The van der Waals surface area contributed by atoms with Crippen LogP contribution < -0.4 is 10.1 Å². The van der Waals surface area contributed by atoms with E-state index < -0.39 is 0 Å². The molecule has 0 fully saturated rings. The van der Waals surface area contributed by atoms with Crippen LogP contribution in [0.25, 0.3) is 0 Å². The summed E-state index contributed by atoms with van der Waals surface area (Å²) >= 11 is 0. The topological polar surface area (TPSA) is 38.3 Å². The molecule has 0 saturated heterocycles. The highest BCUT2D eigenvalue weighted by atomic mass is 19.1. The van der Waals surface area contributed by atoms with Gasteiger partial charge in [-0.3, -0.25) is 4.79 Å². The molecule has 2 rings (SSSR count). The Kier molecular flexibility index (Phi) is 6.57. The van der Waals surface area contributed by atoms with Crippen molar-refractivity contribution in [1.82, 2.24) is 5.32 Å². The summed E-state index contributed by atoms with van der Waals surface area (Å²) in [7, 11) is 0. The SMILES string of the molecule is CC(C)(C)c1ccccc1OCCNC(=O)CCc1ccccc1F. The number of nitrogens with one attached hydrogen (secondary N) is 1. The fourth-order valence-electron chi connectivity index (χ4n) is 2.60. The maximum atomic E-state index is 13.5. The second-order valence-corrected chi connectivity index (χ2v) is 7.04. The number of aryl methyl sites for hydroxylation is 1. The van der Waals surface area contributed by atoms with Crippen molar-refractivity contribution < 1.29 is 13.9 Å². The Labute approximate surface area is 149 Å². The first kappa shape index (κ1) is 19.0. The number of halogens is 1. The molecular formula is C21H26FNO2. The largest absolute Gasteiger partial charge is 0.491 e. The van der Waals surface area contributed by atoms with Crippen molar-refractivity contribution in [1.29, 1.82) is 0 Å². The molecule has 0 spiro atoms. The number of ether oxygens (including phenoxy) is 1. The third-order valence-electron chi connectivity index (χ3n) is 3.96. The summed E-state index contributed by atoms with van der Waals surface area (Å²) in [5.74, 6) is 0.476. The van der Waals surface area contributed by atoms with E-state index in [9.17, 15) is 9.18 Å². The minimum absolute atomic E-state index is 0.000399. The Hall–Kier alpha value is -2.36. The standard InChI is InChI=1S/C21H26FNO2/c1-21(2,3)17-9-5-7-11-19(17)25-15-14-23-20(24)13-12-16-8-4-6-10-18(16)22/h4-11H,12-15H2,1-3H3,(H,23,24). The minimum atomic E-state index is -0.266. The summed E-state index contributed by atoms with van der Waals surface area (Å²) in [6, 6.07) is 14.5. The average Bonchev–Trinajstić information content (AvgIpc) is 2.57. The van der Waals surface area contributed by atoms with Gasteiger partial charge in [-0.15, -0.1) is 0 Å². The van der Waals surface area contributed by atoms with Crippen LogP contribution in [0.1, 0.15) is 38.3 Å². The number of carbonyl (C=O) groups excluding carboxylic acids is 1. The molecule has 1 amide bonds. The molecule has 0 saturated carbocycles. The van der Waals surface area contributed by atoms with Crippen LogP contribution in [0, 0.1) is 5.82 Å². The Morgan fingerprint density at radius 3 is 2.48 bits per heavy atom. The number of amides is 1. The zero-order valence-corrected chi connectivity index (χ0v) is 15.1. The predicted octanol–water partition coefficient (Wildman–Crippen LogP) is 4.25. The van der Waals surface area contributed by atoms with Gasteiger partial charge in [0.1, 0.15) is 18.2 Å². The van der Waals surface area contributed by atoms with E-state index in [2.05, 4.69) is 32.2 Å². The Morgan fingerprint density at radius 2 is 1.76 bits per heavy atom. The molecule has 3 nitrogen and oxygen atoms in total. The summed E-state index contributed by atoms with van der Waals surface area (Å²) in [6.07, 6.45) is 0.658. The molecule has 0 atom stereocenters. The van der Waals surface area contributed by atoms with Crippen molar-refractivity contribution in [2.24, 2.45) is 0 Å². The van der Waals surface area contributed by atoms with Gasteiger partial charge in [-0.25, -0.2) is 4.39 Å². The molecule has 2 aromatic carbocycles. The summed E-state index contributed by atoms with van der Waals surface area (Å²) in [5.41, 5.74) is 1.70. The van der Waals surface area contributed by atoms with Gasteiger partial charge in [-0.1, -0.05) is 57.2 Å². The molecule has 0 aliphatic carbocycles. The quantitative estimate of drug-likeness (QED) is 0.763. The summed E-state index contributed by atoms with van der Waals surface area (Å²) in [5, 5.41) is 2.81. The normalized spacial score (nSPS) is 11.2. The van der Waals surface area contributed by atoms with E-state index in [0.29, 0.717) is 25.1 Å². The number of carbonyl (C=O) groups is 1. The molecule has 0 aromatic heterocycles. The molecule has 4 heteroatoms. The van der Waals surface area contributed by atoms with Gasteiger partial charge in [0, 0.05) is 6.42 Å². The first-order valence-corrected chi connectivity index (χ1v) is 8.60. The van der Waals surface area contributed by atoms with Gasteiger partial charge in [0.15, 0.2) is 0 Å². The van der Waals surface area contributed by atoms with Gasteiger partial charge in [0.2, 0.25) is 5.91 Å². The first-order valence-electron chi connectivity index (χ1n) is 8.60. The highest BCUT2D eigenvalue weighted by Crippen LogP contribution is 2.30. The van der Waals surface area contributed by atoms with Crippen LogP contribution in [0.4, 0.5) is 4.39 Å². The van der Waals surface area contributed by atoms with E-state index in [1.54, 1.807) is 18.2 Å². The molecule has 0 unspecified atom stereocenters. The Morgan fingerprint density at radius 1 is 1.08 bits per heavy atom. The van der Waals surface area contributed by atoms with E-state index in [4.69, 9.17) is 4.74 Å². The van der Waals surface area contributed by atoms with Crippen molar-refractivity contribution in [3.63, 3.8) is 0 Å². The second kappa shape index (κ2) is 8.65. The van der Waals surface area contributed by atoms with E-state index in [0.717, 1.165) is 11.3 Å². The lowest BCUT2D eigenvalue weighted by atomic mass is 9.86. The smallest absolute Gasteiger partial charge is 0.220 e. The maximum Gasteiger partial charge on any atom is 0.220 e. The molecule has 134 valence electrons. The zero-order chi connectivity index (χ0) is 18.3. The highest BCUT2D eigenvalue weighted by molar-refractivity contribution is 5.76. The molecule has 1 N–H and O–H groups in total. The van der Waals surface area contributed by atoms with E-state index in [1.165, 1.54) is 6.07 Å². The lowest BCUT2D eigenvalue weighted by Gasteiger charge is -2.22. The van der Waals surface area contributed by atoms with Crippen LogP contribution >= 0.6 is 0 Å². The van der Waals surface area contributed by atoms with Crippen molar-refractivity contribution >= 4 is 5.91 Å². The minimum Gasteiger partial charge on any atom is -0.491 e. The number of hydrogen-bond acceptors (Lipinski definition) is 2. The van der Waals surface area contributed by atoms with Crippen LogP contribution in [-0.2, 0) is 16.6 Å². The van der Waals surface area contributed by atoms with Crippen LogP contribution in [0.15, 0.2) is 48.5 Å². The van der Waals surface area contributed by atoms with Crippen molar-refractivity contribution in [2.45, 2.75) is 39.0 Å². The molecule has 0 aliphatic heterocycles. The number of benzene rings is 2. The Balaban J connectivity index is 1.75. The molecular weight excluding hydrogens is 317 g/mol. The lowest BCUT2D eigenvalue weighted by molar-refractivity contribution is -0.121. The molecule has 0 aliphatic rings. The summed E-state index contributed by atoms with van der Waals surface area (Å²) < 4.78 is 19.3. The third kappa shape index (κ3) is 5.89.